The van der Waals surface area contributed by atoms with Crippen LogP contribution in [0.1, 0.15) is 25.7 Å². The number of fused-ring (bicyclic) bond motifs is 2. The van der Waals surface area contributed by atoms with Crippen molar-refractivity contribution in [2.24, 2.45) is 23.7 Å². The van der Waals surface area contributed by atoms with Crippen LogP contribution in [0.25, 0.3) is 0 Å². The van der Waals surface area contributed by atoms with Crippen LogP contribution in [-0.4, -0.2) is 5.49 Å². The fourth-order valence-electron chi connectivity index (χ4n) is 3.39. The van der Waals surface area contributed by atoms with Gasteiger partial charge >= 0.3 is 41.6 Å². The van der Waals surface area contributed by atoms with Crippen molar-refractivity contribution in [1.82, 2.24) is 0 Å². The fourth-order valence-corrected chi connectivity index (χ4v) is 3.39. The van der Waals surface area contributed by atoms with Crippen molar-refractivity contribution in [3.05, 3.63) is 61.4 Å². The molecule has 2 heteroatoms. The molecule has 0 aliphatic heterocycles. The molecule has 0 aromatic heterocycles. The molecule has 0 amide bonds. The molecule has 0 N–H and O–H groups in total. The topological polar surface area (TPSA) is 0 Å². The van der Waals surface area contributed by atoms with E-state index in [-0.39, 0.29) is 5.49 Å². The zero-order chi connectivity index (χ0) is 15.8. The van der Waals surface area contributed by atoms with E-state index in [1.807, 2.05) is 0 Å². The molecule has 4 unspecified atom stereocenters. The molecular formula is C20H28HfSi. The molecule has 0 heterocycles. The van der Waals surface area contributed by atoms with Crippen LogP contribution in [-0.2, 0) is 23.0 Å². The van der Waals surface area contributed by atoms with Gasteiger partial charge in [-0.05, 0) is 11.8 Å². The summed E-state index contributed by atoms with van der Waals surface area (Å²) >= 11 is 1.45. The molecule has 4 rings (SSSR count). The predicted octanol–water partition coefficient (Wildman–Crippen LogP) is 5.47. The first-order valence-electron chi connectivity index (χ1n) is 8.55. The number of rotatable bonds is 0. The van der Waals surface area contributed by atoms with Gasteiger partial charge in [-0.3, -0.25) is 0 Å². The van der Waals surface area contributed by atoms with Crippen LogP contribution in [0.4, 0.5) is 0 Å². The van der Waals surface area contributed by atoms with Crippen LogP contribution < -0.4 is 0 Å². The SMILES string of the molecule is C1=CC2[CH-]CCC2C=C1.C1=CC2[CH-]CCC2C=C1.C[Si](C)=[Hf+2]. The Morgan fingerprint density at radius 1 is 0.773 bits per heavy atom. The Morgan fingerprint density at radius 3 is 1.50 bits per heavy atom. The van der Waals surface area contributed by atoms with Gasteiger partial charge in [0.2, 0.25) is 0 Å². The van der Waals surface area contributed by atoms with E-state index in [0.29, 0.717) is 0 Å². The average molecular weight is 475 g/mol. The molecule has 116 valence electrons. The summed E-state index contributed by atoms with van der Waals surface area (Å²) in [6.45, 7) is 4.66. The quantitative estimate of drug-likeness (QED) is 0.322. The maximum absolute atomic E-state index is 2.42. The summed E-state index contributed by atoms with van der Waals surface area (Å²) in [6, 6.07) is 0. The van der Waals surface area contributed by atoms with Crippen LogP contribution in [0, 0.1) is 36.5 Å². The van der Waals surface area contributed by atoms with Gasteiger partial charge in [0, 0.05) is 0 Å². The van der Waals surface area contributed by atoms with E-state index in [1.165, 1.54) is 48.7 Å². The third kappa shape index (κ3) is 6.27. The zero-order valence-electron chi connectivity index (χ0n) is 13.9. The zero-order valence-corrected chi connectivity index (χ0v) is 18.5. The van der Waals surface area contributed by atoms with Gasteiger partial charge in [0.1, 0.15) is 0 Å². The van der Waals surface area contributed by atoms with Crippen molar-refractivity contribution in [2.45, 2.75) is 38.8 Å². The van der Waals surface area contributed by atoms with Crippen molar-refractivity contribution < 1.29 is 23.0 Å². The van der Waals surface area contributed by atoms with Crippen LogP contribution in [0.15, 0.2) is 48.6 Å². The average Bonchev–Trinajstić information content (AvgIpc) is 3.16. The first-order chi connectivity index (χ1) is 10.7. The molecule has 2 fully saturated rings. The number of allylic oxidation sites excluding steroid dienone is 8. The normalized spacial score (nSPS) is 33.3. The molecule has 4 aliphatic carbocycles. The van der Waals surface area contributed by atoms with E-state index in [0.717, 1.165) is 23.7 Å². The van der Waals surface area contributed by atoms with Crippen LogP contribution in [0.2, 0.25) is 13.1 Å². The maximum atomic E-state index is 2.42. The van der Waals surface area contributed by atoms with E-state index in [4.69, 9.17) is 0 Å². The number of hydrogen-bond donors (Lipinski definition) is 0. The summed E-state index contributed by atoms with van der Waals surface area (Å²) in [6.07, 6.45) is 28.1. The molecule has 0 radical (unpaired) electrons. The molecule has 4 atom stereocenters. The van der Waals surface area contributed by atoms with Gasteiger partial charge in [-0.1, -0.05) is 49.3 Å². The third-order valence-corrected chi connectivity index (χ3v) is 4.47. The van der Waals surface area contributed by atoms with E-state index in [9.17, 15) is 0 Å². The van der Waals surface area contributed by atoms with Crippen LogP contribution >= 0.6 is 0 Å². The molecule has 0 bridgehead atoms. The first kappa shape index (κ1) is 18.4. The summed E-state index contributed by atoms with van der Waals surface area (Å²) in [5, 5.41) is 0. The summed E-state index contributed by atoms with van der Waals surface area (Å²) < 4.78 is 0. The van der Waals surface area contributed by atoms with E-state index >= 15 is 0 Å². The molecule has 0 saturated heterocycles. The summed E-state index contributed by atoms with van der Waals surface area (Å²) in [5.74, 6) is 3.23. The molecule has 0 nitrogen and oxygen atoms in total. The van der Waals surface area contributed by atoms with Crippen molar-refractivity contribution >= 4 is 5.49 Å². The van der Waals surface area contributed by atoms with Crippen molar-refractivity contribution in [3.63, 3.8) is 0 Å². The van der Waals surface area contributed by atoms with Gasteiger partial charge in [-0.2, -0.15) is 12.8 Å². The Kier molecular flexibility index (Phi) is 8.38. The van der Waals surface area contributed by atoms with Crippen molar-refractivity contribution in [3.8, 4) is 0 Å². The Hall–Kier alpha value is 0.0470. The van der Waals surface area contributed by atoms with E-state index in [2.05, 4.69) is 74.5 Å². The Bertz CT molecular complexity index is 394. The number of hydrogen-bond acceptors (Lipinski definition) is 0. The Labute approximate surface area is 152 Å². The standard InChI is InChI=1S/2C9H11.C2H6Si.Hf/c2*1-2-5-9-7-3-6-8(9)4-1;1-3-2;/h2*1-2,4-6,8-9H,3,7H2;1-2H3;/q2*-1;;+2. The second-order valence-electron chi connectivity index (χ2n) is 6.65. The summed E-state index contributed by atoms with van der Waals surface area (Å²) in [5.41, 5.74) is 0.259. The molecule has 4 aliphatic rings. The minimum absolute atomic E-state index is 0.259. The molecule has 22 heavy (non-hydrogen) atoms. The molecular weight excluding hydrogens is 447 g/mol. The Morgan fingerprint density at radius 2 is 1.14 bits per heavy atom. The molecule has 2 saturated carbocycles. The first-order valence-corrected chi connectivity index (χ1v) is 16.4. The van der Waals surface area contributed by atoms with Crippen molar-refractivity contribution in [1.29, 1.82) is 0 Å². The summed E-state index contributed by atoms with van der Waals surface area (Å²) in [7, 11) is 0. The van der Waals surface area contributed by atoms with Crippen LogP contribution in [0.5, 0.6) is 0 Å². The van der Waals surface area contributed by atoms with Gasteiger partial charge < -0.3 is 12.8 Å². The third-order valence-electron chi connectivity index (χ3n) is 4.47. The van der Waals surface area contributed by atoms with E-state index < -0.39 is 0 Å². The monoisotopic (exact) mass is 476 g/mol. The molecule has 0 aromatic carbocycles. The fraction of sp³-hybridized carbons (Fsp3) is 0.500. The van der Waals surface area contributed by atoms with Crippen molar-refractivity contribution in [2.75, 3.05) is 0 Å². The van der Waals surface area contributed by atoms with Gasteiger partial charge in [0.05, 0.1) is 0 Å². The van der Waals surface area contributed by atoms with Crippen LogP contribution in [0.3, 0.4) is 0 Å². The van der Waals surface area contributed by atoms with Gasteiger partial charge in [-0.15, -0.1) is 24.0 Å². The van der Waals surface area contributed by atoms with Gasteiger partial charge in [-0.25, -0.2) is 0 Å². The second-order valence-corrected chi connectivity index (χ2v) is 19.4. The molecule has 0 aromatic rings. The minimum atomic E-state index is 0.259. The van der Waals surface area contributed by atoms with Gasteiger partial charge in [0.15, 0.2) is 0 Å². The van der Waals surface area contributed by atoms with E-state index in [1.54, 1.807) is 0 Å². The summed E-state index contributed by atoms with van der Waals surface area (Å²) in [4.78, 5) is 0. The Balaban J connectivity index is 0.000000131. The van der Waals surface area contributed by atoms with Gasteiger partial charge in [0.25, 0.3) is 0 Å². The molecule has 0 spiro atoms. The second kappa shape index (κ2) is 10.0. The predicted molar refractivity (Wildman–Crippen MR) is 95.1 cm³/mol.